The molecule has 0 aromatic rings. The summed E-state index contributed by atoms with van der Waals surface area (Å²) in [5.74, 6) is -0.954. The third kappa shape index (κ3) is 35.2. The summed E-state index contributed by atoms with van der Waals surface area (Å²) in [5, 5.41) is 9.12. The molecule has 44 heavy (non-hydrogen) atoms. The Hall–Kier alpha value is -1.32. The van der Waals surface area contributed by atoms with Gasteiger partial charge in [0.25, 0.3) is 0 Å². The van der Waals surface area contributed by atoms with Crippen molar-refractivity contribution in [3.05, 3.63) is 12.2 Å². The van der Waals surface area contributed by atoms with Crippen molar-refractivity contribution in [2.24, 2.45) is 0 Å². The van der Waals surface area contributed by atoms with Gasteiger partial charge in [-0.15, -0.1) is 0 Å². The maximum Gasteiger partial charge on any atom is 0.306 e. The van der Waals surface area contributed by atoms with E-state index in [9.17, 15) is 9.59 Å². The largest absolute Gasteiger partial charge is 0.481 e. The Morgan fingerprint density at radius 2 is 0.841 bits per heavy atom. The Bertz CT molecular complexity index is 629. The topological polar surface area (TPSA) is 63.6 Å². The van der Waals surface area contributed by atoms with Gasteiger partial charge in [-0.3, -0.25) is 9.59 Å². The number of hydrogen-bond acceptors (Lipinski definition) is 3. The number of aliphatic carboxylic acids is 1. The molecule has 4 nitrogen and oxygen atoms in total. The Morgan fingerprint density at radius 1 is 0.477 bits per heavy atom. The molecule has 0 aromatic heterocycles. The summed E-state index contributed by atoms with van der Waals surface area (Å²) >= 11 is 0. The van der Waals surface area contributed by atoms with Gasteiger partial charge in [-0.05, 0) is 51.4 Å². The Balaban J connectivity index is 3.72. The van der Waals surface area contributed by atoms with E-state index in [0.717, 1.165) is 32.1 Å². The highest BCUT2D eigenvalue weighted by Crippen LogP contribution is 2.18. The number of carboxylic acid groups (broad SMARTS) is 1. The monoisotopic (exact) mass is 621 g/mol. The van der Waals surface area contributed by atoms with E-state index >= 15 is 0 Å². The summed E-state index contributed by atoms with van der Waals surface area (Å²) < 4.78 is 5.73. The Kier molecular flexibility index (Phi) is 35.1. The van der Waals surface area contributed by atoms with Gasteiger partial charge < -0.3 is 9.84 Å². The van der Waals surface area contributed by atoms with E-state index in [1.165, 1.54) is 161 Å². The zero-order chi connectivity index (χ0) is 32.2. The second-order valence-corrected chi connectivity index (χ2v) is 13.5. The van der Waals surface area contributed by atoms with E-state index in [2.05, 4.69) is 26.0 Å². The number of unbranched alkanes of at least 4 members (excludes halogenated alkanes) is 26. The first kappa shape index (κ1) is 42.7. The molecule has 0 aliphatic heterocycles. The van der Waals surface area contributed by atoms with E-state index in [-0.39, 0.29) is 18.5 Å². The maximum atomic E-state index is 12.4. The van der Waals surface area contributed by atoms with Crippen molar-refractivity contribution in [1.29, 1.82) is 0 Å². The van der Waals surface area contributed by atoms with Crippen LogP contribution >= 0.6 is 0 Å². The van der Waals surface area contributed by atoms with Gasteiger partial charge in [0.2, 0.25) is 0 Å². The van der Waals surface area contributed by atoms with Gasteiger partial charge in [0.15, 0.2) is 0 Å². The predicted molar refractivity (Wildman–Crippen MR) is 190 cm³/mol. The first-order chi connectivity index (χ1) is 21.6. The lowest BCUT2D eigenvalue weighted by Gasteiger charge is -2.17. The van der Waals surface area contributed by atoms with Crippen molar-refractivity contribution in [2.75, 3.05) is 0 Å². The van der Waals surface area contributed by atoms with Crippen molar-refractivity contribution in [2.45, 2.75) is 232 Å². The number of carbonyl (C=O) groups is 2. The quantitative estimate of drug-likeness (QED) is 0.0430. The molecule has 0 rings (SSSR count). The third-order valence-electron chi connectivity index (χ3n) is 9.00. The molecular formula is C40H76O4. The molecule has 0 saturated heterocycles. The molecule has 1 N–H and O–H groups in total. The fourth-order valence-electron chi connectivity index (χ4n) is 6.05. The Morgan fingerprint density at radius 3 is 1.25 bits per heavy atom. The summed E-state index contributed by atoms with van der Waals surface area (Å²) in [5.41, 5.74) is 0. The summed E-state index contributed by atoms with van der Waals surface area (Å²) in [6, 6.07) is 0. The zero-order valence-electron chi connectivity index (χ0n) is 29.7. The van der Waals surface area contributed by atoms with Crippen molar-refractivity contribution in [3.8, 4) is 0 Å². The first-order valence-corrected chi connectivity index (χ1v) is 19.7. The minimum absolute atomic E-state index is 0.0736. The van der Waals surface area contributed by atoms with Crippen LogP contribution in [0, 0.1) is 0 Å². The standard InChI is InChI=1S/C40H76O4/c1-3-5-7-9-11-13-15-17-19-21-22-24-26-28-30-32-34-38(36-37-39(41)42)44-40(43)35-33-31-29-27-25-23-20-18-16-14-12-10-8-6-4-2/h18,20,38H,3-17,19,21-37H2,1-2H3,(H,41,42)/b20-18-. The molecule has 1 unspecified atom stereocenters. The number of carboxylic acids is 1. The first-order valence-electron chi connectivity index (χ1n) is 19.7. The van der Waals surface area contributed by atoms with E-state index in [1.807, 2.05) is 0 Å². The molecule has 1 atom stereocenters. The number of esters is 1. The number of carbonyl (C=O) groups excluding carboxylic acids is 1. The highest BCUT2D eigenvalue weighted by atomic mass is 16.5. The fourth-order valence-corrected chi connectivity index (χ4v) is 6.05. The average Bonchev–Trinajstić information content (AvgIpc) is 3.01. The molecule has 0 radical (unpaired) electrons. The molecule has 0 aromatic carbocycles. The van der Waals surface area contributed by atoms with Gasteiger partial charge in [0.05, 0.1) is 0 Å². The van der Waals surface area contributed by atoms with Crippen molar-refractivity contribution in [3.63, 3.8) is 0 Å². The van der Waals surface area contributed by atoms with Crippen LogP contribution in [0.5, 0.6) is 0 Å². The summed E-state index contributed by atoms with van der Waals surface area (Å²) in [4.78, 5) is 23.5. The van der Waals surface area contributed by atoms with Gasteiger partial charge in [-0.25, -0.2) is 0 Å². The summed E-state index contributed by atoms with van der Waals surface area (Å²) in [6.45, 7) is 4.54. The van der Waals surface area contributed by atoms with Crippen LogP contribution in [-0.4, -0.2) is 23.1 Å². The SMILES string of the molecule is CCCCCCCC/C=C\CCCCCCCC(=O)OC(CCCCCCCCCCCCCCCCCC)CCC(=O)O. The van der Waals surface area contributed by atoms with E-state index in [1.54, 1.807) is 0 Å². The lowest BCUT2D eigenvalue weighted by atomic mass is 10.0. The number of rotatable bonds is 36. The summed E-state index contributed by atoms with van der Waals surface area (Å²) in [7, 11) is 0. The van der Waals surface area contributed by atoms with E-state index < -0.39 is 5.97 Å². The van der Waals surface area contributed by atoms with Gasteiger partial charge in [0, 0.05) is 12.8 Å². The minimum atomic E-state index is -0.810. The van der Waals surface area contributed by atoms with Crippen LogP contribution < -0.4 is 0 Å². The lowest BCUT2D eigenvalue weighted by Crippen LogP contribution is -2.19. The second-order valence-electron chi connectivity index (χ2n) is 13.5. The van der Waals surface area contributed by atoms with Crippen LogP contribution in [0.25, 0.3) is 0 Å². The molecule has 0 bridgehead atoms. The van der Waals surface area contributed by atoms with E-state index in [0.29, 0.717) is 12.8 Å². The number of hydrogen-bond donors (Lipinski definition) is 1. The van der Waals surface area contributed by atoms with Crippen LogP contribution in [0.15, 0.2) is 12.2 Å². The molecule has 0 amide bonds. The highest BCUT2D eigenvalue weighted by molar-refractivity contribution is 5.69. The van der Waals surface area contributed by atoms with Crippen LogP contribution in [0.1, 0.15) is 226 Å². The second kappa shape index (κ2) is 36.2. The zero-order valence-corrected chi connectivity index (χ0v) is 29.7. The van der Waals surface area contributed by atoms with Gasteiger partial charge in [-0.1, -0.05) is 174 Å². The van der Waals surface area contributed by atoms with Gasteiger partial charge >= 0.3 is 11.9 Å². The van der Waals surface area contributed by atoms with Gasteiger partial charge in [0.1, 0.15) is 6.10 Å². The normalized spacial score (nSPS) is 12.2. The Labute approximate surface area is 275 Å². The maximum absolute atomic E-state index is 12.4. The highest BCUT2D eigenvalue weighted by Gasteiger charge is 2.16. The van der Waals surface area contributed by atoms with Crippen LogP contribution in [-0.2, 0) is 14.3 Å². The van der Waals surface area contributed by atoms with Crippen molar-refractivity contribution >= 4 is 11.9 Å². The molecule has 0 aliphatic rings. The van der Waals surface area contributed by atoms with Crippen LogP contribution in [0.2, 0.25) is 0 Å². The van der Waals surface area contributed by atoms with Crippen molar-refractivity contribution < 1.29 is 19.4 Å². The molecule has 0 fully saturated rings. The molecule has 0 saturated carbocycles. The molecule has 4 heteroatoms. The number of allylic oxidation sites excluding steroid dienone is 2. The fraction of sp³-hybridized carbons (Fsp3) is 0.900. The summed E-state index contributed by atoms with van der Waals surface area (Å²) in [6.07, 6.45) is 43.7. The number of ether oxygens (including phenoxy) is 1. The lowest BCUT2D eigenvalue weighted by molar-refractivity contribution is -0.151. The molecule has 0 aliphatic carbocycles. The third-order valence-corrected chi connectivity index (χ3v) is 9.00. The van der Waals surface area contributed by atoms with Crippen molar-refractivity contribution in [1.82, 2.24) is 0 Å². The minimum Gasteiger partial charge on any atom is -0.481 e. The predicted octanol–water partition coefficient (Wildman–Crippen LogP) is 13.5. The smallest absolute Gasteiger partial charge is 0.306 e. The molecule has 0 heterocycles. The molecule has 0 spiro atoms. The van der Waals surface area contributed by atoms with Gasteiger partial charge in [-0.2, -0.15) is 0 Å². The molecular weight excluding hydrogens is 544 g/mol. The van der Waals surface area contributed by atoms with Crippen LogP contribution in [0.3, 0.4) is 0 Å². The van der Waals surface area contributed by atoms with Crippen LogP contribution in [0.4, 0.5) is 0 Å². The average molecular weight is 621 g/mol. The molecule has 260 valence electrons. The van der Waals surface area contributed by atoms with E-state index in [4.69, 9.17) is 9.84 Å².